The summed E-state index contributed by atoms with van der Waals surface area (Å²) in [5.41, 5.74) is 10.0. The van der Waals surface area contributed by atoms with Crippen molar-refractivity contribution >= 4 is 23.0 Å². The van der Waals surface area contributed by atoms with Gasteiger partial charge < -0.3 is 20.7 Å². The molecule has 1 atom stereocenters. The first-order valence-corrected chi connectivity index (χ1v) is 7.76. The maximum atomic E-state index is 11.6. The maximum absolute atomic E-state index is 11.6. The largest absolute Gasteiger partial charge is 0.397 e. The molecule has 0 aliphatic carbocycles. The first-order chi connectivity index (χ1) is 10.2. The summed E-state index contributed by atoms with van der Waals surface area (Å²) in [5, 5.41) is 2.95. The van der Waals surface area contributed by atoms with Crippen LogP contribution in [-0.2, 0) is 16.0 Å². The van der Waals surface area contributed by atoms with Crippen LogP contribution < -0.4 is 16.0 Å². The van der Waals surface area contributed by atoms with Crippen molar-refractivity contribution in [3.63, 3.8) is 0 Å². The fourth-order valence-corrected chi connectivity index (χ4v) is 3.14. The van der Waals surface area contributed by atoms with Gasteiger partial charge in [0.25, 0.3) is 0 Å². The summed E-state index contributed by atoms with van der Waals surface area (Å²) in [6.45, 7) is 4.70. The molecule has 1 unspecified atom stereocenters. The number of nitrogens with one attached hydrogen (secondary N) is 1. The van der Waals surface area contributed by atoms with Crippen molar-refractivity contribution in [2.45, 2.75) is 38.7 Å². The minimum absolute atomic E-state index is 0.0837. The lowest BCUT2D eigenvalue weighted by atomic mass is 10.0. The van der Waals surface area contributed by atoms with E-state index in [1.165, 1.54) is 0 Å². The molecule has 2 heterocycles. The Hall–Kier alpha value is -1.75. The predicted octanol–water partition coefficient (Wildman–Crippen LogP) is 2.16. The number of nitrogens with two attached hydrogens (primary N) is 1. The van der Waals surface area contributed by atoms with Gasteiger partial charge in [0.05, 0.1) is 17.5 Å². The molecule has 0 aromatic heterocycles. The molecule has 2 aliphatic heterocycles. The van der Waals surface area contributed by atoms with Crippen molar-refractivity contribution in [2.24, 2.45) is 0 Å². The number of amides is 1. The number of carbonyl (C=O) groups excluding carboxylic acids is 1. The van der Waals surface area contributed by atoms with Gasteiger partial charge in [0.15, 0.2) is 0 Å². The number of fused-ring (bicyclic) bond motifs is 1. The molecule has 0 bridgehead atoms. The van der Waals surface area contributed by atoms with Crippen LogP contribution in [0.15, 0.2) is 12.1 Å². The molecule has 1 aromatic carbocycles. The van der Waals surface area contributed by atoms with Gasteiger partial charge in [-0.05, 0) is 43.9 Å². The van der Waals surface area contributed by atoms with E-state index in [2.05, 4.69) is 17.1 Å². The summed E-state index contributed by atoms with van der Waals surface area (Å²) >= 11 is 0. The van der Waals surface area contributed by atoms with Gasteiger partial charge in [-0.2, -0.15) is 0 Å². The van der Waals surface area contributed by atoms with E-state index >= 15 is 0 Å². The van der Waals surface area contributed by atoms with Crippen LogP contribution in [0, 0.1) is 0 Å². The molecule has 1 amide bonds. The normalized spacial score (nSPS) is 21.0. The zero-order valence-corrected chi connectivity index (χ0v) is 12.5. The van der Waals surface area contributed by atoms with Crippen LogP contribution in [0.3, 0.4) is 0 Å². The van der Waals surface area contributed by atoms with Crippen molar-refractivity contribution in [3.05, 3.63) is 17.7 Å². The van der Waals surface area contributed by atoms with Gasteiger partial charge in [0, 0.05) is 31.8 Å². The zero-order chi connectivity index (χ0) is 14.8. The molecule has 5 nitrogen and oxygen atoms in total. The lowest BCUT2D eigenvalue weighted by Gasteiger charge is -2.29. The number of hydrogen-bond donors (Lipinski definition) is 2. The second kappa shape index (κ2) is 5.93. The summed E-state index contributed by atoms with van der Waals surface area (Å²) in [7, 11) is 0. The van der Waals surface area contributed by atoms with Gasteiger partial charge in [0.2, 0.25) is 5.91 Å². The molecular weight excluding hydrogens is 266 g/mol. The van der Waals surface area contributed by atoms with E-state index in [9.17, 15) is 4.79 Å². The Morgan fingerprint density at radius 1 is 1.43 bits per heavy atom. The van der Waals surface area contributed by atoms with Crippen molar-refractivity contribution < 1.29 is 9.53 Å². The highest BCUT2D eigenvalue weighted by molar-refractivity contribution is 5.95. The van der Waals surface area contributed by atoms with Gasteiger partial charge in [0.1, 0.15) is 0 Å². The van der Waals surface area contributed by atoms with Crippen LogP contribution in [0.1, 0.15) is 31.7 Å². The second-order valence-electron chi connectivity index (χ2n) is 5.79. The highest BCUT2D eigenvalue weighted by atomic mass is 16.5. The minimum Gasteiger partial charge on any atom is -0.397 e. The highest BCUT2D eigenvalue weighted by Gasteiger charge is 2.22. The molecule has 21 heavy (non-hydrogen) atoms. The van der Waals surface area contributed by atoms with Crippen LogP contribution in [0.25, 0.3) is 0 Å². The number of carbonyl (C=O) groups is 1. The number of ether oxygens (including phenoxy) is 1. The Kier molecular flexibility index (Phi) is 4.01. The first kappa shape index (κ1) is 14.2. The van der Waals surface area contributed by atoms with Crippen molar-refractivity contribution in [1.29, 1.82) is 0 Å². The van der Waals surface area contributed by atoms with Crippen molar-refractivity contribution in [2.75, 3.05) is 35.6 Å². The average molecular weight is 289 g/mol. The van der Waals surface area contributed by atoms with Crippen LogP contribution in [0.5, 0.6) is 0 Å². The number of rotatable bonds is 4. The van der Waals surface area contributed by atoms with Gasteiger partial charge in [-0.15, -0.1) is 0 Å². The van der Waals surface area contributed by atoms with E-state index < -0.39 is 0 Å². The molecule has 1 saturated heterocycles. The van der Waals surface area contributed by atoms with Crippen molar-refractivity contribution in [3.8, 4) is 0 Å². The number of likely N-dealkylation sites (N-methyl/N-ethyl adjacent to an activating group) is 1. The summed E-state index contributed by atoms with van der Waals surface area (Å²) in [6.07, 6.45) is 3.84. The third-order valence-electron chi connectivity index (χ3n) is 4.32. The first-order valence-electron chi connectivity index (χ1n) is 7.76. The van der Waals surface area contributed by atoms with Crippen LogP contribution in [0.4, 0.5) is 17.1 Å². The fraction of sp³-hybridized carbons (Fsp3) is 0.562. The molecule has 1 aromatic rings. The summed E-state index contributed by atoms with van der Waals surface area (Å²) in [6, 6.07) is 4.02. The smallest absolute Gasteiger partial charge is 0.224 e. The molecule has 0 spiro atoms. The molecule has 0 radical (unpaired) electrons. The van der Waals surface area contributed by atoms with Gasteiger partial charge in [-0.1, -0.05) is 0 Å². The van der Waals surface area contributed by atoms with E-state index in [4.69, 9.17) is 10.5 Å². The quantitative estimate of drug-likeness (QED) is 0.834. The number of aryl methyl sites for hydroxylation is 1. The topological polar surface area (TPSA) is 67.6 Å². The Morgan fingerprint density at radius 3 is 3.00 bits per heavy atom. The third kappa shape index (κ3) is 2.97. The van der Waals surface area contributed by atoms with Crippen LogP contribution >= 0.6 is 0 Å². The Bertz CT molecular complexity index is 539. The van der Waals surface area contributed by atoms with E-state index in [-0.39, 0.29) is 12.0 Å². The molecule has 3 N–H and O–H groups in total. The number of anilines is 3. The maximum Gasteiger partial charge on any atom is 0.224 e. The molecule has 3 rings (SSSR count). The molecule has 1 fully saturated rings. The van der Waals surface area contributed by atoms with Crippen molar-refractivity contribution in [1.82, 2.24) is 0 Å². The predicted molar refractivity (Wildman–Crippen MR) is 84.7 cm³/mol. The highest BCUT2D eigenvalue weighted by Crippen LogP contribution is 2.33. The molecule has 2 aliphatic rings. The Morgan fingerprint density at radius 2 is 2.29 bits per heavy atom. The lowest BCUT2D eigenvalue weighted by molar-refractivity contribution is -0.116. The number of nitrogens with zero attached hydrogens (tertiary/aromatic N) is 1. The monoisotopic (exact) mass is 289 g/mol. The number of nitrogen functional groups attached to an aromatic ring is 1. The zero-order valence-electron chi connectivity index (χ0n) is 12.5. The van der Waals surface area contributed by atoms with E-state index in [1.54, 1.807) is 0 Å². The van der Waals surface area contributed by atoms with E-state index in [0.717, 1.165) is 61.6 Å². The van der Waals surface area contributed by atoms with Gasteiger partial charge >= 0.3 is 0 Å². The molecular formula is C16H23N3O2. The van der Waals surface area contributed by atoms with Gasteiger partial charge in [-0.25, -0.2) is 0 Å². The Balaban J connectivity index is 1.85. The Labute approximate surface area is 125 Å². The SMILES string of the molecule is CCN(CC1CCCO1)c1cc2c(cc1N)CCC(=O)N2. The van der Waals surface area contributed by atoms with Crippen LogP contribution in [0.2, 0.25) is 0 Å². The average Bonchev–Trinajstić information content (AvgIpc) is 2.98. The molecule has 0 saturated carbocycles. The van der Waals surface area contributed by atoms with E-state index in [1.807, 2.05) is 12.1 Å². The van der Waals surface area contributed by atoms with E-state index in [0.29, 0.717) is 6.42 Å². The standard InChI is InChI=1S/C16H23N3O2/c1-2-19(10-12-4-3-7-21-12)15-9-14-11(8-13(15)17)5-6-16(20)18-14/h8-9,12H,2-7,10,17H2,1H3,(H,18,20). The molecule has 5 heteroatoms. The number of benzene rings is 1. The number of hydrogen-bond acceptors (Lipinski definition) is 4. The lowest BCUT2D eigenvalue weighted by Crippen LogP contribution is -2.33. The summed E-state index contributed by atoms with van der Waals surface area (Å²) in [5.74, 6) is 0.0837. The second-order valence-corrected chi connectivity index (χ2v) is 5.79. The third-order valence-corrected chi connectivity index (χ3v) is 4.32. The van der Waals surface area contributed by atoms with Gasteiger partial charge in [-0.3, -0.25) is 4.79 Å². The minimum atomic E-state index is 0.0837. The molecule has 114 valence electrons. The summed E-state index contributed by atoms with van der Waals surface area (Å²) in [4.78, 5) is 13.8. The fourth-order valence-electron chi connectivity index (χ4n) is 3.14. The van der Waals surface area contributed by atoms with Crippen LogP contribution in [-0.4, -0.2) is 31.7 Å². The summed E-state index contributed by atoms with van der Waals surface area (Å²) < 4.78 is 5.72.